The number of nitrogens with one attached hydrogen (secondary N) is 2. The molecule has 0 bridgehead atoms. The largest absolute Gasteiger partial charge is 0.416 e. The number of para-hydroxylation sites is 1. The molecule has 2 amide bonds. The van der Waals surface area contributed by atoms with Crippen molar-refractivity contribution in [2.75, 3.05) is 63.8 Å². The van der Waals surface area contributed by atoms with Crippen LogP contribution in [0.3, 0.4) is 0 Å². The van der Waals surface area contributed by atoms with Gasteiger partial charge < -0.3 is 20.4 Å². The molecule has 2 aliphatic heterocycles. The maximum Gasteiger partial charge on any atom is 0.416 e. The van der Waals surface area contributed by atoms with Gasteiger partial charge in [-0.15, -0.1) is 0 Å². The van der Waals surface area contributed by atoms with Crippen LogP contribution in [0.1, 0.15) is 12.0 Å². The van der Waals surface area contributed by atoms with E-state index >= 15 is 0 Å². The minimum atomic E-state index is -4.38. The van der Waals surface area contributed by atoms with E-state index in [1.807, 2.05) is 29.2 Å². The summed E-state index contributed by atoms with van der Waals surface area (Å²) in [6.45, 7) is 6.36. The fourth-order valence-corrected chi connectivity index (χ4v) is 5.56. The summed E-state index contributed by atoms with van der Waals surface area (Å²) in [6, 6.07) is 11.9. The summed E-state index contributed by atoms with van der Waals surface area (Å²) < 4.78 is 40.2. The Morgan fingerprint density at radius 3 is 2.36 bits per heavy atom. The van der Waals surface area contributed by atoms with Gasteiger partial charge in [0.15, 0.2) is 0 Å². The zero-order valence-corrected chi connectivity index (χ0v) is 20.7. The van der Waals surface area contributed by atoms with Crippen molar-refractivity contribution in [3.63, 3.8) is 0 Å². The van der Waals surface area contributed by atoms with Crippen LogP contribution in [0.4, 0.5) is 24.5 Å². The summed E-state index contributed by atoms with van der Waals surface area (Å²) >= 11 is 1.51. The lowest BCUT2D eigenvalue weighted by Crippen LogP contribution is -2.49. The van der Waals surface area contributed by atoms with E-state index in [0.717, 1.165) is 67.2 Å². The first-order valence-electron chi connectivity index (χ1n) is 12.0. The molecule has 2 aromatic carbocycles. The average Bonchev–Trinajstić information content (AvgIpc) is 2.87. The van der Waals surface area contributed by atoms with Crippen molar-refractivity contribution < 1.29 is 22.8 Å². The summed E-state index contributed by atoms with van der Waals surface area (Å²) in [6.07, 6.45) is -3.05. The van der Waals surface area contributed by atoms with Gasteiger partial charge in [-0.1, -0.05) is 23.9 Å². The topological polar surface area (TPSA) is 67.9 Å². The predicted octanol–water partition coefficient (Wildman–Crippen LogP) is 3.18. The Bertz CT molecular complexity index is 1060. The van der Waals surface area contributed by atoms with Crippen LogP contribution in [-0.2, 0) is 15.8 Å². The number of halogens is 3. The molecule has 0 unspecified atom stereocenters. The van der Waals surface area contributed by atoms with Crippen LogP contribution < -0.4 is 15.5 Å². The van der Waals surface area contributed by atoms with Gasteiger partial charge in [-0.25, -0.2) is 0 Å². The van der Waals surface area contributed by atoms with E-state index in [9.17, 15) is 22.8 Å². The SMILES string of the molecule is O=CNCC(=O)NCCN1CCN(CCCN2c3ccccc3Sc3ccc(C(F)(F)F)cc32)CC1. The van der Waals surface area contributed by atoms with Crippen LogP contribution in [0.15, 0.2) is 52.3 Å². The quantitative estimate of drug-likeness (QED) is 0.469. The summed E-state index contributed by atoms with van der Waals surface area (Å²) in [5.74, 6) is -0.206. The lowest BCUT2D eigenvalue weighted by atomic mass is 10.1. The van der Waals surface area contributed by atoms with E-state index < -0.39 is 11.7 Å². The first-order chi connectivity index (χ1) is 17.3. The molecule has 11 heteroatoms. The van der Waals surface area contributed by atoms with Crippen LogP contribution in [0, 0.1) is 0 Å². The summed E-state index contributed by atoms with van der Waals surface area (Å²) in [5, 5.41) is 5.12. The van der Waals surface area contributed by atoms with Crippen molar-refractivity contribution in [2.45, 2.75) is 22.4 Å². The van der Waals surface area contributed by atoms with Gasteiger partial charge in [-0.3, -0.25) is 14.5 Å². The molecule has 0 aliphatic carbocycles. The maximum atomic E-state index is 13.4. The van der Waals surface area contributed by atoms with Gasteiger partial charge in [-0.2, -0.15) is 13.2 Å². The number of carbonyl (C=O) groups excluding carboxylic acids is 2. The summed E-state index contributed by atoms with van der Waals surface area (Å²) in [7, 11) is 0. The third-order valence-corrected chi connectivity index (χ3v) is 7.50. The van der Waals surface area contributed by atoms with E-state index in [0.29, 0.717) is 25.2 Å². The van der Waals surface area contributed by atoms with Crippen LogP contribution in [0.2, 0.25) is 0 Å². The van der Waals surface area contributed by atoms with Crippen molar-refractivity contribution in [1.29, 1.82) is 0 Å². The van der Waals surface area contributed by atoms with E-state index in [-0.39, 0.29) is 12.5 Å². The van der Waals surface area contributed by atoms with Crippen LogP contribution in [0.5, 0.6) is 0 Å². The van der Waals surface area contributed by atoms with E-state index in [4.69, 9.17) is 0 Å². The second kappa shape index (κ2) is 12.0. The molecule has 2 N–H and O–H groups in total. The molecule has 0 radical (unpaired) electrons. The molecule has 7 nitrogen and oxygen atoms in total. The van der Waals surface area contributed by atoms with Crippen molar-refractivity contribution in [3.05, 3.63) is 48.0 Å². The number of fused-ring (bicyclic) bond motifs is 2. The average molecular weight is 522 g/mol. The van der Waals surface area contributed by atoms with Gasteiger partial charge in [0.1, 0.15) is 0 Å². The standard InChI is InChI=1S/C25H30F3N5O2S/c26-25(27,28)19-6-7-23-21(16-19)33(20-4-1-2-5-22(20)36-23)10-3-9-31-12-14-32(15-13-31)11-8-30-24(35)17-29-18-34/h1-2,4-7,16,18H,3,8-15,17H2,(H,29,34)(H,30,35). The molecule has 2 aliphatic rings. The van der Waals surface area contributed by atoms with Crippen molar-refractivity contribution >= 4 is 35.5 Å². The fourth-order valence-electron chi connectivity index (χ4n) is 4.49. The number of hydrogen-bond acceptors (Lipinski definition) is 6. The van der Waals surface area contributed by atoms with E-state index in [1.54, 1.807) is 6.07 Å². The molecule has 0 spiro atoms. The third-order valence-electron chi connectivity index (χ3n) is 6.37. The third kappa shape index (κ3) is 6.71. The number of piperazine rings is 1. The summed E-state index contributed by atoms with van der Waals surface area (Å²) in [5.41, 5.74) is 0.937. The number of rotatable bonds is 10. The molecule has 1 fully saturated rings. The molecule has 0 atom stereocenters. The van der Waals surface area contributed by atoms with Crippen molar-refractivity contribution in [1.82, 2.24) is 20.4 Å². The Morgan fingerprint density at radius 2 is 1.64 bits per heavy atom. The van der Waals surface area contributed by atoms with E-state index in [1.165, 1.54) is 17.8 Å². The molecular formula is C25H30F3N5O2S. The molecule has 0 saturated carbocycles. The van der Waals surface area contributed by atoms with Crippen LogP contribution in [-0.4, -0.2) is 81.0 Å². The minimum Gasteiger partial charge on any atom is -0.353 e. The van der Waals surface area contributed by atoms with Gasteiger partial charge in [0, 0.05) is 55.6 Å². The fraction of sp³-hybridized carbons (Fsp3) is 0.440. The Labute approximate surface area is 213 Å². The monoisotopic (exact) mass is 521 g/mol. The zero-order chi connectivity index (χ0) is 25.5. The number of hydrogen-bond donors (Lipinski definition) is 2. The Morgan fingerprint density at radius 1 is 0.944 bits per heavy atom. The number of amides is 2. The van der Waals surface area contributed by atoms with Crippen LogP contribution in [0.25, 0.3) is 0 Å². The molecule has 2 aromatic rings. The number of benzene rings is 2. The summed E-state index contributed by atoms with van der Waals surface area (Å²) in [4.78, 5) is 30.4. The number of alkyl halides is 3. The highest BCUT2D eigenvalue weighted by Gasteiger charge is 2.33. The first kappa shape index (κ1) is 26.3. The number of nitrogens with zero attached hydrogens (tertiary/aromatic N) is 3. The second-order valence-corrected chi connectivity index (χ2v) is 9.87. The van der Waals surface area contributed by atoms with Crippen LogP contribution >= 0.6 is 11.8 Å². The van der Waals surface area contributed by atoms with Gasteiger partial charge in [0.05, 0.1) is 23.5 Å². The highest BCUT2D eigenvalue weighted by Crippen LogP contribution is 2.49. The minimum absolute atomic E-state index is 0.0144. The Balaban J connectivity index is 1.29. The van der Waals surface area contributed by atoms with Gasteiger partial charge >= 0.3 is 6.18 Å². The van der Waals surface area contributed by atoms with Gasteiger partial charge in [0.2, 0.25) is 12.3 Å². The molecule has 4 rings (SSSR count). The smallest absolute Gasteiger partial charge is 0.353 e. The van der Waals surface area contributed by atoms with Crippen molar-refractivity contribution in [2.24, 2.45) is 0 Å². The van der Waals surface area contributed by atoms with Gasteiger partial charge in [0.25, 0.3) is 0 Å². The van der Waals surface area contributed by atoms with Gasteiger partial charge in [-0.05, 0) is 43.3 Å². The molecular weight excluding hydrogens is 491 g/mol. The van der Waals surface area contributed by atoms with E-state index in [2.05, 4.69) is 20.4 Å². The Hall–Kier alpha value is -2.76. The molecule has 1 saturated heterocycles. The lowest BCUT2D eigenvalue weighted by Gasteiger charge is -2.36. The predicted molar refractivity (Wildman–Crippen MR) is 134 cm³/mol. The second-order valence-electron chi connectivity index (χ2n) is 8.79. The molecule has 36 heavy (non-hydrogen) atoms. The lowest BCUT2D eigenvalue weighted by molar-refractivity contribution is -0.137. The number of anilines is 2. The van der Waals surface area contributed by atoms with Crippen molar-refractivity contribution in [3.8, 4) is 0 Å². The molecule has 194 valence electrons. The first-order valence-corrected chi connectivity index (χ1v) is 12.8. The maximum absolute atomic E-state index is 13.4. The molecule has 2 heterocycles. The Kier molecular flexibility index (Phi) is 8.76. The zero-order valence-electron chi connectivity index (χ0n) is 19.9. The normalized spacial score (nSPS) is 16.2. The molecule has 0 aromatic heterocycles. The highest BCUT2D eigenvalue weighted by molar-refractivity contribution is 7.99. The highest BCUT2D eigenvalue weighted by atomic mass is 32.2. The number of carbonyl (C=O) groups is 2.